The zero-order valence-electron chi connectivity index (χ0n) is 43.1. The first kappa shape index (κ1) is 59.7. The fraction of sp³-hybridized carbons (Fsp3) is 0.796. The molecule has 18 nitrogen and oxygen atoms in total. The van der Waals surface area contributed by atoms with E-state index in [1.165, 1.54) is 21.3 Å². The van der Waals surface area contributed by atoms with Crippen LogP contribution in [0, 0.1) is 0 Å². The number of hydrogen-bond donors (Lipinski definition) is 1. The van der Waals surface area contributed by atoms with Crippen LogP contribution in [0.5, 0.6) is 5.75 Å². The summed E-state index contributed by atoms with van der Waals surface area (Å²) >= 11 is 0. The number of esters is 3. The van der Waals surface area contributed by atoms with E-state index in [4.69, 9.17) is 42.6 Å². The molecule has 1 saturated heterocycles. The van der Waals surface area contributed by atoms with Gasteiger partial charge in [-0.1, -0.05) is 12.1 Å². The van der Waals surface area contributed by atoms with Crippen molar-refractivity contribution in [1.29, 1.82) is 0 Å². The molecule has 0 aliphatic carbocycles. The van der Waals surface area contributed by atoms with Crippen molar-refractivity contribution in [3.63, 3.8) is 0 Å². The standard InChI is InChI=1S/C49H86N4O14/c1-14-62-30-31-63-32-33-64-38-20-18-37(19-21-38)16-15-17-39(43(54)55)50-22-24-51(40(44(56)59-11)34-65-47(2,3)4)26-28-53(42(46(58)61-13)36-67-49(8,9)10)29-27-52(25-23-50)41(45(57)60-12)35-66-48(5,6)7/h18-21,39-42H,14-17,22-36H2,1-13H3,(H,54,55)/t39-,40-,41-,42+/m0/s1. The summed E-state index contributed by atoms with van der Waals surface area (Å²) in [5, 5.41) is 10.9. The second kappa shape index (κ2) is 30.2. The Morgan fingerprint density at radius 3 is 1.21 bits per heavy atom. The monoisotopic (exact) mass is 955 g/mol. The third-order valence-electron chi connectivity index (χ3n) is 11.1. The van der Waals surface area contributed by atoms with Gasteiger partial charge >= 0.3 is 23.9 Å². The Kier molecular flexibility index (Phi) is 26.9. The van der Waals surface area contributed by atoms with E-state index in [9.17, 15) is 24.3 Å². The molecule has 0 bridgehead atoms. The molecule has 1 heterocycles. The van der Waals surface area contributed by atoms with Crippen LogP contribution in [0.25, 0.3) is 0 Å². The molecule has 0 spiro atoms. The molecule has 0 amide bonds. The molecule has 1 aromatic rings. The van der Waals surface area contributed by atoms with Gasteiger partial charge in [-0.25, -0.2) is 0 Å². The van der Waals surface area contributed by atoms with Gasteiger partial charge in [0.25, 0.3) is 0 Å². The number of benzene rings is 1. The molecule has 67 heavy (non-hydrogen) atoms. The predicted octanol–water partition coefficient (Wildman–Crippen LogP) is 4.19. The van der Waals surface area contributed by atoms with Crippen molar-refractivity contribution in [2.75, 3.05) is 127 Å². The molecule has 0 unspecified atom stereocenters. The van der Waals surface area contributed by atoms with E-state index in [-0.39, 0.29) is 72.2 Å². The van der Waals surface area contributed by atoms with Gasteiger partial charge < -0.3 is 47.7 Å². The number of carbonyl (C=O) groups is 4. The minimum Gasteiger partial charge on any atom is -0.491 e. The first-order valence-electron chi connectivity index (χ1n) is 23.7. The van der Waals surface area contributed by atoms with Gasteiger partial charge in [0.1, 0.15) is 36.5 Å². The smallest absolute Gasteiger partial charge is 0.325 e. The van der Waals surface area contributed by atoms with Crippen molar-refractivity contribution in [2.24, 2.45) is 0 Å². The van der Waals surface area contributed by atoms with Gasteiger partial charge in [-0.05, 0) is 106 Å². The Bertz CT molecular complexity index is 1530. The number of methoxy groups -OCH3 is 3. The zero-order valence-corrected chi connectivity index (χ0v) is 43.1. The van der Waals surface area contributed by atoms with Crippen LogP contribution in [-0.2, 0) is 63.5 Å². The molecule has 0 saturated carbocycles. The highest BCUT2D eigenvalue weighted by atomic mass is 16.6. The first-order valence-corrected chi connectivity index (χ1v) is 23.7. The minimum absolute atomic E-state index is 0.0144. The molecule has 0 aromatic heterocycles. The summed E-state index contributed by atoms with van der Waals surface area (Å²) in [6, 6.07) is 4.32. The van der Waals surface area contributed by atoms with Crippen LogP contribution in [0.3, 0.4) is 0 Å². The first-order chi connectivity index (χ1) is 31.5. The van der Waals surface area contributed by atoms with E-state index in [0.717, 1.165) is 5.56 Å². The SMILES string of the molecule is CCOCCOCCOc1ccc(CCC[C@@H](C(=O)O)N2CCN([C@@H](COC(C)(C)C)C(=O)OC)CCN([C@H](COC(C)(C)C)C(=O)OC)CCN([C@@H](COC(C)(C)C)C(=O)OC)CC2)cc1. The molecule has 1 fully saturated rings. The minimum atomic E-state index is -0.982. The van der Waals surface area contributed by atoms with Crippen molar-refractivity contribution in [3.05, 3.63) is 29.8 Å². The lowest BCUT2D eigenvalue weighted by Gasteiger charge is -2.41. The Hall–Kier alpha value is -3.46. The average Bonchev–Trinajstić information content (AvgIpc) is 3.25. The fourth-order valence-electron chi connectivity index (χ4n) is 7.38. The van der Waals surface area contributed by atoms with Crippen LogP contribution < -0.4 is 4.74 Å². The molecule has 1 aliphatic rings. The molecule has 0 radical (unpaired) electrons. The molecule has 1 aliphatic heterocycles. The molecule has 18 heteroatoms. The van der Waals surface area contributed by atoms with Gasteiger partial charge in [0.05, 0.1) is 77.8 Å². The number of carboxylic acids is 1. The van der Waals surface area contributed by atoms with Gasteiger partial charge in [-0.3, -0.25) is 38.8 Å². The third-order valence-corrected chi connectivity index (χ3v) is 11.1. The number of aryl methyl sites for hydroxylation is 1. The van der Waals surface area contributed by atoms with Crippen LogP contribution in [0.1, 0.15) is 87.6 Å². The molecule has 386 valence electrons. The van der Waals surface area contributed by atoms with Crippen molar-refractivity contribution >= 4 is 23.9 Å². The van der Waals surface area contributed by atoms with Gasteiger partial charge in [0.2, 0.25) is 0 Å². The summed E-state index contributed by atoms with van der Waals surface area (Å²) in [6.45, 7) is 23.7. The Morgan fingerprint density at radius 2 is 0.881 bits per heavy atom. The molecule has 2 rings (SSSR count). The zero-order chi connectivity index (χ0) is 50.2. The number of nitrogens with zero attached hydrogens (tertiary/aromatic N) is 4. The van der Waals surface area contributed by atoms with Crippen molar-refractivity contribution < 1.29 is 66.9 Å². The van der Waals surface area contributed by atoms with Crippen LogP contribution in [-0.4, -0.2) is 216 Å². The van der Waals surface area contributed by atoms with E-state index in [2.05, 4.69) is 0 Å². The number of hydrogen-bond acceptors (Lipinski definition) is 17. The molecular formula is C49H86N4O14. The van der Waals surface area contributed by atoms with Gasteiger partial charge in [-0.15, -0.1) is 0 Å². The third kappa shape index (κ3) is 24.1. The van der Waals surface area contributed by atoms with Gasteiger partial charge in [-0.2, -0.15) is 0 Å². The topological polar surface area (TPSA) is 185 Å². The summed E-state index contributed by atoms with van der Waals surface area (Å²) < 4.78 is 51.2. The Labute approximate surface area is 401 Å². The van der Waals surface area contributed by atoms with E-state index < -0.39 is 64.8 Å². The highest BCUT2D eigenvalue weighted by Gasteiger charge is 2.37. The Morgan fingerprint density at radius 1 is 0.537 bits per heavy atom. The number of rotatable bonds is 26. The lowest BCUT2D eigenvalue weighted by atomic mass is 10.0. The van der Waals surface area contributed by atoms with E-state index in [1.54, 1.807) is 0 Å². The van der Waals surface area contributed by atoms with Crippen molar-refractivity contribution in [3.8, 4) is 5.75 Å². The summed E-state index contributed by atoms with van der Waals surface area (Å²) in [4.78, 5) is 61.9. The number of ether oxygens (including phenoxy) is 9. The predicted molar refractivity (Wildman–Crippen MR) is 254 cm³/mol. The number of carboxylic acid groups (broad SMARTS) is 1. The molecule has 1 N–H and O–H groups in total. The highest BCUT2D eigenvalue weighted by molar-refractivity contribution is 5.77. The molecule has 4 atom stereocenters. The maximum absolute atomic E-state index is 13.6. The number of aliphatic carboxylic acids is 1. The van der Waals surface area contributed by atoms with Gasteiger partial charge in [0, 0.05) is 59.0 Å². The lowest BCUT2D eigenvalue weighted by Crippen LogP contribution is -2.58. The molecular weight excluding hydrogens is 869 g/mol. The molecule has 1 aromatic carbocycles. The Balaban J connectivity index is 2.56. The fourth-order valence-corrected chi connectivity index (χ4v) is 7.38. The van der Waals surface area contributed by atoms with E-state index in [0.29, 0.717) is 58.0 Å². The second-order valence-electron chi connectivity index (χ2n) is 19.6. The van der Waals surface area contributed by atoms with Crippen LogP contribution in [0.4, 0.5) is 0 Å². The highest BCUT2D eigenvalue weighted by Crippen LogP contribution is 2.20. The lowest BCUT2D eigenvalue weighted by molar-refractivity contribution is -0.157. The van der Waals surface area contributed by atoms with Crippen LogP contribution in [0.15, 0.2) is 24.3 Å². The average molecular weight is 955 g/mol. The second-order valence-corrected chi connectivity index (χ2v) is 19.6. The van der Waals surface area contributed by atoms with Crippen LogP contribution >= 0.6 is 0 Å². The maximum atomic E-state index is 13.6. The van der Waals surface area contributed by atoms with E-state index in [1.807, 2.05) is 113 Å². The van der Waals surface area contributed by atoms with Crippen molar-refractivity contribution in [1.82, 2.24) is 19.6 Å². The van der Waals surface area contributed by atoms with Gasteiger partial charge in [0.15, 0.2) is 0 Å². The quantitative estimate of drug-likeness (QED) is 0.0792. The number of carbonyl (C=O) groups excluding carboxylic acids is 3. The van der Waals surface area contributed by atoms with Crippen LogP contribution in [0.2, 0.25) is 0 Å². The largest absolute Gasteiger partial charge is 0.491 e. The maximum Gasteiger partial charge on any atom is 0.325 e. The summed E-state index contributed by atoms with van der Waals surface area (Å²) in [5.74, 6) is -1.77. The summed E-state index contributed by atoms with van der Waals surface area (Å²) in [6.07, 6.45) is 1.54. The normalized spacial score (nSPS) is 17.6. The summed E-state index contributed by atoms with van der Waals surface area (Å²) in [5.41, 5.74) is -0.680. The summed E-state index contributed by atoms with van der Waals surface area (Å²) in [7, 11) is 3.99. The van der Waals surface area contributed by atoms with Crippen molar-refractivity contribution in [2.45, 2.75) is 129 Å². The van der Waals surface area contributed by atoms with E-state index >= 15 is 0 Å².